The summed E-state index contributed by atoms with van der Waals surface area (Å²) in [6, 6.07) is 3.09. The largest absolute Gasteiger partial charge is 0.306 e. The third kappa shape index (κ3) is 2.07. The Balaban J connectivity index is 2.70. The summed E-state index contributed by atoms with van der Waals surface area (Å²) in [5, 5.41) is 3.81. The van der Waals surface area contributed by atoms with Crippen LogP contribution >= 0.6 is 0 Å². The van der Waals surface area contributed by atoms with Crippen molar-refractivity contribution in [2.45, 2.75) is 13.3 Å². The maximum absolute atomic E-state index is 11.0. The monoisotopic (exact) mass is 153 g/mol. The van der Waals surface area contributed by atoms with Gasteiger partial charge in [0.2, 0.25) is 0 Å². The van der Waals surface area contributed by atoms with E-state index in [-0.39, 0.29) is 5.56 Å². The minimum absolute atomic E-state index is 0.124. The third-order valence-corrected chi connectivity index (χ3v) is 1.23. The first-order chi connectivity index (χ1) is 5.34. The smallest absolute Gasteiger partial charge is 0.285 e. The number of rotatable bonds is 3. The van der Waals surface area contributed by atoms with E-state index >= 15 is 0 Å². The highest BCUT2D eigenvalue weighted by atomic mass is 16.1. The van der Waals surface area contributed by atoms with Gasteiger partial charge in [-0.15, -0.1) is 4.79 Å². The van der Waals surface area contributed by atoms with Crippen molar-refractivity contribution in [2.24, 2.45) is 0 Å². The van der Waals surface area contributed by atoms with Gasteiger partial charge in [0.05, 0.1) is 0 Å². The summed E-state index contributed by atoms with van der Waals surface area (Å²) >= 11 is 0. The number of hydrogen-bond acceptors (Lipinski definition) is 3. The highest BCUT2D eigenvalue weighted by Crippen LogP contribution is 1.73. The van der Waals surface area contributed by atoms with Crippen LogP contribution in [-0.4, -0.2) is 16.4 Å². The molecule has 0 aromatic carbocycles. The van der Waals surface area contributed by atoms with E-state index in [1.807, 2.05) is 6.92 Å². The second-order valence-electron chi connectivity index (χ2n) is 2.18. The predicted molar refractivity (Wildman–Crippen MR) is 43.0 cm³/mol. The van der Waals surface area contributed by atoms with Crippen LogP contribution in [0.25, 0.3) is 0 Å². The lowest BCUT2D eigenvalue weighted by Gasteiger charge is -2.03. The molecule has 0 unspecified atom stereocenters. The fraction of sp³-hybridized carbons (Fsp3) is 0.429. The molecule has 0 saturated heterocycles. The molecule has 0 fully saturated rings. The predicted octanol–water partition coefficient (Wildman–Crippen LogP) is 0.197. The molecule has 4 nitrogen and oxygen atoms in total. The van der Waals surface area contributed by atoms with Crippen LogP contribution in [0.2, 0.25) is 0 Å². The second kappa shape index (κ2) is 3.75. The van der Waals surface area contributed by atoms with Crippen molar-refractivity contribution in [1.29, 1.82) is 0 Å². The topological polar surface area (TPSA) is 46.9 Å². The Kier molecular flexibility index (Phi) is 2.66. The van der Waals surface area contributed by atoms with Crippen molar-refractivity contribution < 1.29 is 0 Å². The van der Waals surface area contributed by atoms with Crippen LogP contribution in [0.1, 0.15) is 13.3 Å². The summed E-state index contributed by atoms with van der Waals surface area (Å²) in [4.78, 5) is 12.2. The maximum Gasteiger partial charge on any atom is 0.285 e. The van der Waals surface area contributed by atoms with Gasteiger partial charge < -0.3 is 5.43 Å². The van der Waals surface area contributed by atoms with Crippen molar-refractivity contribution in [3.63, 3.8) is 0 Å². The first-order valence-corrected chi connectivity index (χ1v) is 3.63. The zero-order chi connectivity index (χ0) is 8.10. The summed E-state index contributed by atoms with van der Waals surface area (Å²) in [5.41, 5.74) is 2.73. The Morgan fingerprint density at radius 3 is 3.18 bits per heavy atom. The Labute approximate surface area is 64.8 Å². The Hall–Kier alpha value is -1.32. The van der Waals surface area contributed by atoms with Gasteiger partial charge in [0.15, 0.2) is 0 Å². The Bertz CT molecular complexity index is 268. The van der Waals surface area contributed by atoms with Crippen LogP contribution < -0.4 is 11.0 Å². The molecular weight excluding hydrogens is 142 g/mol. The zero-order valence-electron chi connectivity index (χ0n) is 6.45. The van der Waals surface area contributed by atoms with Crippen molar-refractivity contribution in [3.05, 3.63) is 28.7 Å². The molecule has 0 aliphatic carbocycles. The minimum Gasteiger partial charge on any atom is -0.306 e. The standard InChI is InChI=1S/C7H11N3O/c1-2-5-8-10-7(11)4-3-6-9-10/h3-4,6,8H,2,5H2,1H3. The summed E-state index contributed by atoms with van der Waals surface area (Å²) in [6.07, 6.45) is 2.55. The van der Waals surface area contributed by atoms with Gasteiger partial charge in [0.25, 0.3) is 5.56 Å². The molecule has 0 atom stereocenters. The SMILES string of the molecule is CCCNn1ncccc1=O. The molecule has 0 spiro atoms. The van der Waals surface area contributed by atoms with Crippen LogP contribution in [0.4, 0.5) is 0 Å². The van der Waals surface area contributed by atoms with Gasteiger partial charge in [0, 0.05) is 18.8 Å². The number of nitrogens with one attached hydrogen (secondary N) is 1. The molecule has 4 heteroatoms. The molecule has 0 bridgehead atoms. The molecular formula is C7H11N3O. The quantitative estimate of drug-likeness (QED) is 0.674. The minimum atomic E-state index is -0.124. The van der Waals surface area contributed by atoms with Crippen LogP contribution in [-0.2, 0) is 0 Å². The molecule has 0 saturated carbocycles. The molecule has 11 heavy (non-hydrogen) atoms. The lowest BCUT2D eigenvalue weighted by Crippen LogP contribution is -2.30. The van der Waals surface area contributed by atoms with E-state index in [1.165, 1.54) is 10.9 Å². The van der Waals surface area contributed by atoms with Gasteiger partial charge in [0.1, 0.15) is 0 Å². The van der Waals surface area contributed by atoms with E-state index in [0.717, 1.165) is 13.0 Å². The average molecular weight is 153 g/mol. The fourth-order valence-electron chi connectivity index (χ4n) is 0.694. The van der Waals surface area contributed by atoms with E-state index in [2.05, 4.69) is 10.5 Å². The molecule has 0 radical (unpaired) electrons. The van der Waals surface area contributed by atoms with Gasteiger partial charge in [-0.25, -0.2) is 0 Å². The molecule has 1 aromatic rings. The fourth-order valence-corrected chi connectivity index (χ4v) is 0.694. The van der Waals surface area contributed by atoms with E-state index in [1.54, 1.807) is 12.3 Å². The van der Waals surface area contributed by atoms with Gasteiger partial charge in [-0.05, 0) is 12.5 Å². The van der Waals surface area contributed by atoms with Gasteiger partial charge in [-0.3, -0.25) is 4.79 Å². The van der Waals surface area contributed by atoms with Crippen molar-refractivity contribution in [1.82, 2.24) is 9.89 Å². The van der Waals surface area contributed by atoms with Crippen LogP contribution in [0.5, 0.6) is 0 Å². The van der Waals surface area contributed by atoms with E-state index in [4.69, 9.17) is 0 Å². The number of aromatic nitrogens is 2. The molecule has 1 aromatic heterocycles. The Morgan fingerprint density at radius 1 is 1.73 bits per heavy atom. The Morgan fingerprint density at radius 2 is 2.55 bits per heavy atom. The first-order valence-electron chi connectivity index (χ1n) is 3.63. The molecule has 1 heterocycles. The summed E-state index contributed by atoms with van der Waals surface area (Å²) in [6.45, 7) is 2.79. The first kappa shape index (κ1) is 7.78. The molecule has 0 aliphatic rings. The van der Waals surface area contributed by atoms with E-state index in [9.17, 15) is 4.79 Å². The van der Waals surface area contributed by atoms with Crippen molar-refractivity contribution in [2.75, 3.05) is 12.0 Å². The maximum atomic E-state index is 11.0. The number of nitrogens with zero attached hydrogens (tertiary/aromatic N) is 2. The molecule has 1 N–H and O–H groups in total. The van der Waals surface area contributed by atoms with Gasteiger partial charge >= 0.3 is 0 Å². The third-order valence-electron chi connectivity index (χ3n) is 1.23. The van der Waals surface area contributed by atoms with Gasteiger partial charge in [-0.1, -0.05) is 6.92 Å². The normalized spacial score (nSPS) is 9.55. The second-order valence-corrected chi connectivity index (χ2v) is 2.18. The molecule has 60 valence electrons. The van der Waals surface area contributed by atoms with Crippen LogP contribution in [0, 0.1) is 0 Å². The number of hydrogen-bond donors (Lipinski definition) is 1. The summed E-state index contributed by atoms with van der Waals surface area (Å²) in [7, 11) is 0. The summed E-state index contributed by atoms with van der Waals surface area (Å²) < 4.78 is 0. The van der Waals surface area contributed by atoms with Crippen LogP contribution in [0.15, 0.2) is 23.1 Å². The van der Waals surface area contributed by atoms with Crippen LogP contribution in [0.3, 0.4) is 0 Å². The van der Waals surface area contributed by atoms with Gasteiger partial charge in [-0.2, -0.15) is 5.10 Å². The zero-order valence-corrected chi connectivity index (χ0v) is 6.45. The molecule has 0 amide bonds. The molecule has 0 aliphatic heterocycles. The molecule has 1 rings (SSSR count). The van der Waals surface area contributed by atoms with E-state index < -0.39 is 0 Å². The van der Waals surface area contributed by atoms with Crippen molar-refractivity contribution >= 4 is 0 Å². The van der Waals surface area contributed by atoms with Crippen molar-refractivity contribution in [3.8, 4) is 0 Å². The average Bonchev–Trinajstić information content (AvgIpc) is 2.03. The lowest BCUT2D eigenvalue weighted by atomic mass is 10.5. The summed E-state index contributed by atoms with van der Waals surface area (Å²) in [5.74, 6) is 0. The highest BCUT2D eigenvalue weighted by Gasteiger charge is 1.89. The van der Waals surface area contributed by atoms with E-state index in [0.29, 0.717) is 0 Å². The lowest BCUT2D eigenvalue weighted by molar-refractivity contribution is 0.675. The highest BCUT2D eigenvalue weighted by molar-refractivity contribution is 4.86.